The van der Waals surface area contributed by atoms with Crippen LogP contribution in [0.25, 0.3) is 0 Å². The van der Waals surface area contributed by atoms with Crippen molar-refractivity contribution in [3.8, 4) is 0 Å². The summed E-state index contributed by atoms with van der Waals surface area (Å²) in [5.41, 5.74) is 5.85. The Hall–Kier alpha value is -1.76. The Kier molecular flexibility index (Phi) is 4.46. The first-order chi connectivity index (χ1) is 11.5. The van der Waals surface area contributed by atoms with Crippen molar-refractivity contribution in [3.63, 3.8) is 0 Å². The van der Waals surface area contributed by atoms with Crippen molar-refractivity contribution < 1.29 is 17.5 Å². The highest BCUT2D eigenvalue weighted by molar-refractivity contribution is 7.92. The molecule has 0 radical (unpaired) electrons. The van der Waals surface area contributed by atoms with E-state index in [1.807, 2.05) is 0 Å². The fourth-order valence-electron chi connectivity index (χ4n) is 3.65. The third-order valence-corrected chi connectivity index (χ3v) is 7.13. The molecule has 1 saturated carbocycles. The normalized spacial score (nSPS) is 26.3. The van der Waals surface area contributed by atoms with Gasteiger partial charge in [-0.2, -0.15) is 0 Å². The minimum atomic E-state index is -3.60. The summed E-state index contributed by atoms with van der Waals surface area (Å²) in [5, 5.41) is -0.723. The number of sulfone groups is 1. The highest BCUT2D eigenvalue weighted by Crippen LogP contribution is 2.63. The Balaban J connectivity index is 2.07. The topological polar surface area (TPSA) is 69.4 Å². The zero-order valence-electron chi connectivity index (χ0n) is 13.4. The average molecular weight is 349 g/mol. The third kappa shape index (κ3) is 2.64. The van der Waals surface area contributed by atoms with Gasteiger partial charge in [-0.15, -0.1) is 0 Å². The molecule has 0 aliphatic heterocycles. The van der Waals surface area contributed by atoms with E-state index in [2.05, 4.69) is 0 Å². The number of ether oxygens (including phenoxy) is 1. The second-order valence-electron chi connectivity index (χ2n) is 6.18. The van der Waals surface area contributed by atoms with Gasteiger partial charge in [-0.3, -0.25) is 0 Å². The first-order valence-corrected chi connectivity index (χ1v) is 9.25. The van der Waals surface area contributed by atoms with Crippen molar-refractivity contribution in [2.75, 3.05) is 20.3 Å². The van der Waals surface area contributed by atoms with Crippen molar-refractivity contribution in [1.29, 1.82) is 0 Å². The van der Waals surface area contributed by atoms with Gasteiger partial charge >= 0.3 is 0 Å². The Bertz CT molecular complexity index is 825. The van der Waals surface area contributed by atoms with E-state index in [9.17, 15) is 12.8 Å². The van der Waals surface area contributed by atoms with Crippen LogP contribution in [-0.4, -0.2) is 33.9 Å². The van der Waals surface area contributed by atoms with E-state index in [1.165, 1.54) is 19.2 Å². The van der Waals surface area contributed by atoms with Crippen LogP contribution in [0.4, 0.5) is 4.39 Å². The van der Waals surface area contributed by atoms with Crippen LogP contribution in [0, 0.1) is 11.2 Å². The van der Waals surface area contributed by atoms with Gasteiger partial charge in [-0.1, -0.05) is 30.3 Å². The molecular formula is C18H20FNO3S. The number of hydrogen-bond donors (Lipinski definition) is 1. The molecule has 128 valence electrons. The van der Waals surface area contributed by atoms with Crippen molar-refractivity contribution >= 4 is 9.84 Å². The van der Waals surface area contributed by atoms with Gasteiger partial charge in [0.15, 0.2) is 9.84 Å². The van der Waals surface area contributed by atoms with Crippen LogP contribution in [-0.2, 0) is 14.6 Å². The number of nitrogens with two attached hydrogens (primary N) is 1. The predicted molar refractivity (Wildman–Crippen MR) is 89.9 cm³/mol. The summed E-state index contributed by atoms with van der Waals surface area (Å²) in [7, 11) is -2.08. The molecule has 6 heteroatoms. The molecular weight excluding hydrogens is 329 g/mol. The molecule has 0 amide bonds. The zero-order valence-corrected chi connectivity index (χ0v) is 14.2. The second-order valence-corrected chi connectivity index (χ2v) is 8.25. The molecule has 0 saturated heterocycles. The fourth-order valence-corrected chi connectivity index (χ4v) is 6.11. The van der Waals surface area contributed by atoms with E-state index >= 15 is 0 Å². The molecule has 0 bridgehead atoms. The summed E-state index contributed by atoms with van der Waals surface area (Å²) in [4.78, 5) is 0.253. The zero-order chi connectivity index (χ0) is 17.4. The van der Waals surface area contributed by atoms with E-state index in [4.69, 9.17) is 10.5 Å². The van der Waals surface area contributed by atoms with Crippen molar-refractivity contribution in [2.24, 2.45) is 11.1 Å². The molecule has 3 rings (SSSR count). The number of benzene rings is 2. The van der Waals surface area contributed by atoms with Gasteiger partial charge in [0.1, 0.15) is 5.82 Å². The van der Waals surface area contributed by atoms with E-state index in [0.29, 0.717) is 5.56 Å². The molecule has 4 nitrogen and oxygen atoms in total. The van der Waals surface area contributed by atoms with Gasteiger partial charge in [0.25, 0.3) is 0 Å². The molecule has 2 N–H and O–H groups in total. The Morgan fingerprint density at radius 1 is 1.17 bits per heavy atom. The first kappa shape index (κ1) is 17.1. The van der Waals surface area contributed by atoms with Crippen LogP contribution in [0.1, 0.15) is 11.5 Å². The summed E-state index contributed by atoms with van der Waals surface area (Å²) >= 11 is 0. The molecule has 0 unspecified atom stereocenters. The fraction of sp³-hybridized carbons (Fsp3) is 0.333. The molecule has 0 aromatic heterocycles. The van der Waals surface area contributed by atoms with Crippen molar-refractivity contribution in [3.05, 3.63) is 66.0 Å². The molecule has 3 atom stereocenters. The summed E-state index contributed by atoms with van der Waals surface area (Å²) < 4.78 is 45.1. The number of rotatable bonds is 6. The Labute approximate surface area is 141 Å². The summed E-state index contributed by atoms with van der Waals surface area (Å²) in [6.07, 6.45) is 0. The molecule has 1 fully saturated rings. The second kappa shape index (κ2) is 6.27. The summed E-state index contributed by atoms with van der Waals surface area (Å²) in [6, 6.07) is 14.3. The molecule has 1 aliphatic rings. The maximum absolute atomic E-state index is 13.6. The van der Waals surface area contributed by atoms with E-state index in [0.717, 1.165) is 0 Å². The lowest BCUT2D eigenvalue weighted by atomic mass is 10.00. The molecule has 0 spiro atoms. The molecule has 2 aromatic carbocycles. The van der Waals surface area contributed by atoms with Crippen LogP contribution < -0.4 is 5.73 Å². The van der Waals surface area contributed by atoms with E-state index < -0.39 is 26.3 Å². The van der Waals surface area contributed by atoms with Crippen LogP contribution in [0.15, 0.2) is 59.5 Å². The van der Waals surface area contributed by atoms with E-state index in [-0.39, 0.29) is 24.0 Å². The standard InChI is InChI=1S/C18H20FNO3S/c1-23-12-18(11-20)16(13-6-5-7-14(19)10-13)17(18)24(21,22)15-8-3-2-4-9-15/h2-10,16-17H,11-12,20H2,1H3/t16-,17-,18-/m0/s1. The Morgan fingerprint density at radius 3 is 2.46 bits per heavy atom. The van der Waals surface area contributed by atoms with Crippen LogP contribution >= 0.6 is 0 Å². The lowest BCUT2D eigenvalue weighted by molar-refractivity contribution is 0.142. The molecule has 2 aromatic rings. The highest BCUT2D eigenvalue weighted by Gasteiger charge is 2.70. The maximum atomic E-state index is 13.6. The van der Waals surface area contributed by atoms with Gasteiger partial charge < -0.3 is 10.5 Å². The number of halogens is 1. The number of methoxy groups -OCH3 is 1. The minimum Gasteiger partial charge on any atom is -0.384 e. The maximum Gasteiger partial charge on any atom is 0.182 e. The van der Waals surface area contributed by atoms with Gasteiger partial charge in [0.2, 0.25) is 0 Å². The van der Waals surface area contributed by atoms with Crippen molar-refractivity contribution in [2.45, 2.75) is 16.1 Å². The summed E-state index contributed by atoms with van der Waals surface area (Å²) in [6.45, 7) is 0.361. The first-order valence-electron chi connectivity index (χ1n) is 7.71. The smallest absolute Gasteiger partial charge is 0.182 e. The van der Waals surface area contributed by atoms with Gasteiger partial charge in [-0.05, 0) is 29.8 Å². The van der Waals surface area contributed by atoms with E-state index in [1.54, 1.807) is 42.5 Å². The molecule has 24 heavy (non-hydrogen) atoms. The van der Waals surface area contributed by atoms with Gasteiger partial charge in [-0.25, -0.2) is 12.8 Å². The lowest BCUT2D eigenvalue weighted by Gasteiger charge is -2.14. The predicted octanol–water partition coefficient (Wildman–Crippen LogP) is 2.36. The van der Waals surface area contributed by atoms with Crippen molar-refractivity contribution in [1.82, 2.24) is 0 Å². The highest BCUT2D eigenvalue weighted by atomic mass is 32.2. The Morgan fingerprint density at radius 2 is 1.88 bits per heavy atom. The van der Waals surface area contributed by atoms with Crippen LogP contribution in [0.2, 0.25) is 0 Å². The minimum absolute atomic E-state index is 0.152. The largest absolute Gasteiger partial charge is 0.384 e. The van der Waals surface area contributed by atoms with Gasteiger partial charge in [0.05, 0.1) is 16.8 Å². The lowest BCUT2D eigenvalue weighted by Crippen LogP contribution is -2.28. The third-order valence-electron chi connectivity index (χ3n) is 4.79. The number of hydrogen-bond acceptors (Lipinski definition) is 4. The summed E-state index contributed by atoms with van der Waals surface area (Å²) in [5.74, 6) is -0.776. The van der Waals surface area contributed by atoms with Gasteiger partial charge in [0, 0.05) is 25.0 Å². The monoisotopic (exact) mass is 349 g/mol. The SMILES string of the molecule is COC[C@@]1(CN)[C@@H](c2cccc(F)c2)[C@@H]1S(=O)(=O)c1ccccc1. The van der Waals surface area contributed by atoms with Crippen LogP contribution in [0.5, 0.6) is 0 Å². The van der Waals surface area contributed by atoms with Crippen LogP contribution in [0.3, 0.4) is 0 Å². The average Bonchev–Trinajstić information content (AvgIpc) is 3.26. The molecule has 1 aliphatic carbocycles. The molecule has 0 heterocycles. The quantitative estimate of drug-likeness (QED) is 0.869.